The lowest BCUT2D eigenvalue weighted by molar-refractivity contribution is 0.475. The molecule has 0 saturated heterocycles. The van der Waals surface area contributed by atoms with E-state index in [2.05, 4.69) is 42.5 Å². The molecule has 1 aliphatic carbocycles. The van der Waals surface area contributed by atoms with Crippen molar-refractivity contribution in [3.8, 4) is 16.9 Å². The van der Waals surface area contributed by atoms with Crippen molar-refractivity contribution in [1.82, 2.24) is 0 Å². The van der Waals surface area contributed by atoms with Gasteiger partial charge in [0.15, 0.2) is 0 Å². The van der Waals surface area contributed by atoms with Gasteiger partial charge in [0.1, 0.15) is 5.75 Å². The molecule has 1 heteroatoms. The molecule has 0 unspecified atom stereocenters. The first kappa shape index (κ1) is 10.8. The minimum atomic E-state index is 0.304. The van der Waals surface area contributed by atoms with Crippen LogP contribution >= 0.6 is 0 Å². The molecule has 0 aliphatic heterocycles. The Morgan fingerprint density at radius 1 is 0.889 bits per heavy atom. The van der Waals surface area contributed by atoms with E-state index < -0.39 is 0 Å². The third-order valence-electron chi connectivity index (χ3n) is 3.22. The highest BCUT2D eigenvalue weighted by Gasteiger charge is 2.08. The average Bonchev–Trinajstić information content (AvgIpc) is 2.64. The summed E-state index contributed by atoms with van der Waals surface area (Å²) in [4.78, 5) is 0. The molecule has 0 aromatic heterocycles. The fourth-order valence-electron chi connectivity index (χ4n) is 2.31. The zero-order chi connectivity index (χ0) is 12.4. The van der Waals surface area contributed by atoms with E-state index in [1.165, 1.54) is 16.7 Å². The lowest BCUT2D eigenvalue weighted by atomic mass is 9.94. The van der Waals surface area contributed by atoms with Crippen molar-refractivity contribution < 1.29 is 5.11 Å². The van der Waals surface area contributed by atoms with Gasteiger partial charge in [-0.25, -0.2) is 0 Å². The van der Waals surface area contributed by atoms with Gasteiger partial charge in [-0.1, -0.05) is 54.6 Å². The van der Waals surface area contributed by atoms with E-state index in [1.54, 1.807) is 12.1 Å². The molecular weight excluding hydrogens is 220 g/mol. The highest BCUT2D eigenvalue weighted by Crippen LogP contribution is 2.30. The molecule has 3 rings (SSSR count). The predicted molar refractivity (Wildman–Crippen MR) is 75.4 cm³/mol. The van der Waals surface area contributed by atoms with Gasteiger partial charge in [-0.3, -0.25) is 0 Å². The van der Waals surface area contributed by atoms with E-state index in [4.69, 9.17) is 0 Å². The van der Waals surface area contributed by atoms with Crippen molar-refractivity contribution in [2.45, 2.75) is 6.42 Å². The molecule has 1 nitrogen and oxygen atoms in total. The summed E-state index contributed by atoms with van der Waals surface area (Å²) in [6.07, 6.45) is 9.45. The van der Waals surface area contributed by atoms with Crippen LogP contribution in [0.15, 0.2) is 60.7 Å². The Balaban J connectivity index is 2.16. The molecule has 18 heavy (non-hydrogen) atoms. The summed E-state index contributed by atoms with van der Waals surface area (Å²) in [5.41, 5.74) is 4.96. The lowest BCUT2D eigenvalue weighted by Gasteiger charge is -2.10. The van der Waals surface area contributed by atoms with Gasteiger partial charge in [0.05, 0.1) is 0 Å². The number of fused-ring (bicyclic) bond motifs is 1. The van der Waals surface area contributed by atoms with E-state index in [0.717, 1.165) is 12.0 Å². The molecule has 0 atom stereocenters. The fraction of sp³-hybridized carbons (Fsp3) is 0.0588. The summed E-state index contributed by atoms with van der Waals surface area (Å²) in [7, 11) is 0. The second kappa shape index (κ2) is 4.53. The first-order valence-corrected chi connectivity index (χ1v) is 6.09. The largest absolute Gasteiger partial charge is 0.508 e. The third-order valence-corrected chi connectivity index (χ3v) is 3.22. The van der Waals surface area contributed by atoms with Crippen LogP contribution in [0.25, 0.3) is 17.2 Å². The second-order valence-corrected chi connectivity index (χ2v) is 4.42. The van der Waals surface area contributed by atoms with Crippen molar-refractivity contribution in [3.05, 3.63) is 71.8 Å². The number of phenols is 1. The van der Waals surface area contributed by atoms with Crippen LogP contribution in [-0.2, 0) is 6.42 Å². The van der Waals surface area contributed by atoms with Crippen LogP contribution < -0.4 is 0 Å². The van der Waals surface area contributed by atoms with Crippen LogP contribution in [-0.4, -0.2) is 5.11 Å². The number of allylic oxidation sites excluding steroid dienone is 3. The van der Waals surface area contributed by atoms with Gasteiger partial charge in [-0.05, 0) is 40.8 Å². The van der Waals surface area contributed by atoms with Crippen molar-refractivity contribution in [3.63, 3.8) is 0 Å². The van der Waals surface area contributed by atoms with Crippen LogP contribution in [0, 0.1) is 0 Å². The van der Waals surface area contributed by atoms with Crippen molar-refractivity contribution in [2.75, 3.05) is 0 Å². The molecule has 0 amide bonds. The van der Waals surface area contributed by atoms with E-state index in [-0.39, 0.29) is 0 Å². The minimum Gasteiger partial charge on any atom is -0.508 e. The van der Waals surface area contributed by atoms with Crippen molar-refractivity contribution >= 4 is 6.08 Å². The zero-order valence-electron chi connectivity index (χ0n) is 10.0. The Hall–Kier alpha value is -2.28. The Morgan fingerprint density at radius 3 is 2.56 bits per heavy atom. The Kier molecular flexibility index (Phi) is 2.73. The molecule has 0 fully saturated rings. The molecule has 2 aromatic carbocycles. The highest BCUT2D eigenvalue weighted by atomic mass is 16.3. The molecule has 0 radical (unpaired) electrons. The molecule has 0 heterocycles. The molecule has 1 aliphatic rings. The van der Waals surface area contributed by atoms with Crippen molar-refractivity contribution in [2.24, 2.45) is 0 Å². The minimum absolute atomic E-state index is 0.304. The molecular formula is C17H14O. The topological polar surface area (TPSA) is 20.2 Å². The van der Waals surface area contributed by atoms with E-state index in [1.807, 2.05) is 12.1 Å². The average molecular weight is 234 g/mol. The van der Waals surface area contributed by atoms with Crippen LogP contribution in [0.3, 0.4) is 0 Å². The molecule has 0 saturated carbocycles. The predicted octanol–water partition coefficient (Wildman–Crippen LogP) is 4.18. The van der Waals surface area contributed by atoms with Gasteiger partial charge in [0, 0.05) is 0 Å². The molecule has 0 spiro atoms. The van der Waals surface area contributed by atoms with Crippen molar-refractivity contribution in [1.29, 1.82) is 0 Å². The van der Waals surface area contributed by atoms with E-state index in [9.17, 15) is 5.11 Å². The number of phenolic OH excluding ortho intramolecular Hbond substituents is 1. The van der Waals surface area contributed by atoms with Gasteiger partial charge >= 0.3 is 0 Å². The van der Waals surface area contributed by atoms with E-state index >= 15 is 0 Å². The monoisotopic (exact) mass is 234 g/mol. The molecule has 1 N–H and O–H groups in total. The highest BCUT2D eigenvalue weighted by molar-refractivity contribution is 5.78. The summed E-state index contributed by atoms with van der Waals surface area (Å²) in [5, 5.41) is 9.36. The lowest BCUT2D eigenvalue weighted by Crippen LogP contribution is -1.90. The van der Waals surface area contributed by atoms with Gasteiger partial charge in [0.25, 0.3) is 0 Å². The second-order valence-electron chi connectivity index (χ2n) is 4.42. The molecule has 88 valence electrons. The van der Waals surface area contributed by atoms with Crippen LogP contribution in [0.2, 0.25) is 0 Å². The Labute approximate surface area is 107 Å². The SMILES string of the molecule is Oc1ccc(-c2cccc3c2C=CC=CC3)cc1. The van der Waals surface area contributed by atoms with Gasteiger partial charge in [-0.2, -0.15) is 0 Å². The molecule has 0 bridgehead atoms. The summed E-state index contributed by atoms with van der Waals surface area (Å²) < 4.78 is 0. The van der Waals surface area contributed by atoms with Gasteiger partial charge in [0.2, 0.25) is 0 Å². The summed E-state index contributed by atoms with van der Waals surface area (Å²) in [6, 6.07) is 13.8. The fourth-order valence-corrected chi connectivity index (χ4v) is 2.31. The summed E-state index contributed by atoms with van der Waals surface area (Å²) >= 11 is 0. The molecule has 2 aromatic rings. The number of aromatic hydroxyl groups is 1. The summed E-state index contributed by atoms with van der Waals surface area (Å²) in [5.74, 6) is 0.304. The number of hydrogen-bond acceptors (Lipinski definition) is 1. The first-order valence-electron chi connectivity index (χ1n) is 6.09. The Morgan fingerprint density at radius 2 is 1.72 bits per heavy atom. The first-order chi connectivity index (χ1) is 8.84. The maximum atomic E-state index is 9.36. The van der Waals surface area contributed by atoms with Gasteiger partial charge in [-0.15, -0.1) is 0 Å². The number of hydrogen-bond donors (Lipinski definition) is 1. The van der Waals surface area contributed by atoms with Crippen LogP contribution in [0.5, 0.6) is 5.75 Å². The standard InChI is InChI=1S/C17H14O/c18-15-11-9-14(10-12-15)17-8-4-6-13-5-2-1-3-7-16(13)17/h1-4,6-12,18H,5H2. The maximum Gasteiger partial charge on any atom is 0.115 e. The van der Waals surface area contributed by atoms with Crippen LogP contribution in [0.4, 0.5) is 0 Å². The smallest absolute Gasteiger partial charge is 0.115 e. The summed E-state index contributed by atoms with van der Waals surface area (Å²) in [6.45, 7) is 0. The maximum absolute atomic E-state index is 9.36. The number of benzene rings is 2. The van der Waals surface area contributed by atoms with E-state index in [0.29, 0.717) is 5.75 Å². The quantitative estimate of drug-likeness (QED) is 0.784. The third kappa shape index (κ3) is 1.95. The number of rotatable bonds is 1. The van der Waals surface area contributed by atoms with Gasteiger partial charge < -0.3 is 5.11 Å². The zero-order valence-corrected chi connectivity index (χ0v) is 10.0. The van der Waals surface area contributed by atoms with Crippen LogP contribution in [0.1, 0.15) is 11.1 Å². The normalized spacial score (nSPS) is 13.1. The Bertz CT molecular complexity index is 619.